The molecule has 3 aliphatic rings. The molecule has 0 radical (unpaired) electrons. The first kappa shape index (κ1) is 32.7. The molecule has 9 nitrogen and oxygen atoms in total. The summed E-state index contributed by atoms with van der Waals surface area (Å²) in [7, 11) is 0. The Labute approximate surface area is 270 Å². The Morgan fingerprint density at radius 1 is 1.07 bits per heavy atom. The minimum absolute atomic E-state index is 0.0360. The van der Waals surface area contributed by atoms with Gasteiger partial charge in [0.1, 0.15) is 17.4 Å². The molecule has 1 N–H and O–H groups in total. The largest absolute Gasteiger partial charge is 0.494 e. The maximum absolute atomic E-state index is 14.7. The number of amides is 3. The van der Waals surface area contributed by atoms with E-state index in [1.165, 1.54) is 0 Å². The second kappa shape index (κ2) is 13.4. The Kier molecular flexibility index (Phi) is 9.72. The van der Waals surface area contributed by atoms with Crippen molar-refractivity contribution in [1.29, 1.82) is 0 Å². The van der Waals surface area contributed by atoms with Crippen molar-refractivity contribution in [2.75, 3.05) is 42.6 Å². The minimum Gasteiger partial charge on any atom is -0.494 e. The van der Waals surface area contributed by atoms with Crippen molar-refractivity contribution in [3.05, 3.63) is 78.9 Å². The van der Waals surface area contributed by atoms with Crippen molar-refractivity contribution in [3.63, 3.8) is 0 Å². The van der Waals surface area contributed by atoms with Crippen LogP contribution < -0.4 is 14.5 Å². The fourth-order valence-electron chi connectivity index (χ4n) is 7.48. The Bertz CT molecular complexity index is 1450. The molecule has 10 heteroatoms. The average molecular weight is 636 g/mol. The van der Waals surface area contributed by atoms with Crippen LogP contribution in [-0.2, 0) is 19.1 Å². The number of carbonyl (C=O) groups excluding carboxylic acids is 3. The van der Waals surface area contributed by atoms with Crippen molar-refractivity contribution in [1.82, 2.24) is 4.90 Å². The molecular formula is C35H42ClN3O6. The molecule has 1 spiro atoms. The third kappa shape index (κ3) is 5.66. The van der Waals surface area contributed by atoms with Crippen LogP contribution in [0.25, 0.3) is 0 Å². The molecule has 0 aromatic heterocycles. The molecule has 5 atom stereocenters. The monoisotopic (exact) mass is 635 g/mol. The number of ether oxygens (including phenoxy) is 2. The summed E-state index contributed by atoms with van der Waals surface area (Å²) in [5, 5.41) is 9.90. The number of para-hydroxylation sites is 1. The standard InChI is InChI=1S/C35H42ClN3O6/c1-5-20-37(24-14-16-25(17-15-24)44-7-3)31(41)28-29-32(42)39(22-10-11-23-40)30(35(29)19-18-34(28,4)45-35)33(43)38(21-6-2)27-13-9-8-12-26(27)36/h5-6,8-9,12-17,28-30,40H,1-2,7,10-11,18-23H2,3-4H3/t28-,29+,30?,34+,35?/m1/s1. The lowest BCUT2D eigenvalue weighted by atomic mass is 9.66. The highest BCUT2D eigenvalue weighted by molar-refractivity contribution is 6.34. The number of hydrogen-bond acceptors (Lipinski definition) is 6. The van der Waals surface area contributed by atoms with Crippen molar-refractivity contribution in [2.45, 2.75) is 56.8 Å². The summed E-state index contributed by atoms with van der Waals surface area (Å²) in [5.41, 5.74) is -1.00. The number of anilines is 2. The van der Waals surface area contributed by atoms with E-state index in [0.29, 0.717) is 54.4 Å². The highest BCUT2D eigenvalue weighted by atomic mass is 35.5. The zero-order valence-electron chi connectivity index (χ0n) is 26.0. The van der Waals surface area contributed by atoms with E-state index < -0.39 is 29.1 Å². The number of aliphatic hydroxyl groups is 1. The SMILES string of the molecule is C=CCN(C(=O)[C@H]1[C@H]2C(=O)N(CCCCO)C(C(=O)N(CC=C)c3ccccc3Cl)C23CC[C@]1(C)O3)c1ccc(OCC)cc1. The number of unbranched alkanes of at least 4 members (excludes halogenated alkanes) is 1. The number of carbonyl (C=O) groups is 3. The number of rotatable bonds is 14. The van der Waals surface area contributed by atoms with Gasteiger partial charge in [0.2, 0.25) is 11.8 Å². The van der Waals surface area contributed by atoms with Gasteiger partial charge in [-0.25, -0.2) is 0 Å². The lowest BCUT2D eigenvalue weighted by Gasteiger charge is -2.37. The molecule has 2 unspecified atom stereocenters. The van der Waals surface area contributed by atoms with Crippen molar-refractivity contribution < 1.29 is 29.0 Å². The molecule has 0 aliphatic carbocycles. The smallest absolute Gasteiger partial charge is 0.253 e. The Morgan fingerprint density at radius 2 is 1.76 bits per heavy atom. The second-order valence-electron chi connectivity index (χ2n) is 12.0. The third-order valence-electron chi connectivity index (χ3n) is 9.34. The summed E-state index contributed by atoms with van der Waals surface area (Å²) >= 11 is 6.56. The second-order valence-corrected chi connectivity index (χ2v) is 12.5. The normalized spacial score (nSPS) is 26.4. The number of fused-ring (bicyclic) bond motifs is 1. The van der Waals surface area contributed by atoms with E-state index in [4.69, 9.17) is 21.1 Å². The van der Waals surface area contributed by atoms with Crippen LogP contribution in [0.15, 0.2) is 73.8 Å². The lowest BCUT2D eigenvalue weighted by molar-refractivity contribution is -0.144. The van der Waals surface area contributed by atoms with Crippen LogP contribution >= 0.6 is 11.6 Å². The van der Waals surface area contributed by atoms with Gasteiger partial charge < -0.3 is 29.3 Å². The molecular weight excluding hydrogens is 594 g/mol. The molecule has 3 amide bonds. The first-order valence-electron chi connectivity index (χ1n) is 15.6. The molecule has 3 aliphatic heterocycles. The number of likely N-dealkylation sites (tertiary alicyclic amines) is 1. The van der Waals surface area contributed by atoms with Gasteiger partial charge in [-0.2, -0.15) is 0 Å². The van der Waals surface area contributed by atoms with E-state index in [-0.39, 0.29) is 44.0 Å². The highest BCUT2D eigenvalue weighted by Gasteiger charge is 2.78. The van der Waals surface area contributed by atoms with Crippen LogP contribution in [0.2, 0.25) is 5.02 Å². The Morgan fingerprint density at radius 3 is 2.40 bits per heavy atom. The zero-order valence-corrected chi connectivity index (χ0v) is 26.7. The highest BCUT2D eigenvalue weighted by Crippen LogP contribution is 2.63. The van der Waals surface area contributed by atoms with Gasteiger partial charge >= 0.3 is 0 Å². The van der Waals surface area contributed by atoms with Crippen LogP contribution in [-0.4, -0.2) is 77.8 Å². The van der Waals surface area contributed by atoms with Gasteiger partial charge in [-0.15, -0.1) is 13.2 Å². The van der Waals surface area contributed by atoms with Crippen LogP contribution in [0.4, 0.5) is 11.4 Å². The van der Waals surface area contributed by atoms with Gasteiger partial charge in [-0.3, -0.25) is 14.4 Å². The van der Waals surface area contributed by atoms with E-state index >= 15 is 0 Å². The quantitative estimate of drug-likeness (QED) is 0.231. The summed E-state index contributed by atoms with van der Waals surface area (Å²) in [6, 6.07) is 13.3. The van der Waals surface area contributed by atoms with E-state index in [1.54, 1.807) is 51.1 Å². The van der Waals surface area contributed by atoms with Gasteiger partial charge in [0, 0.05) is 31.9 Å². The zero-order chi connectivity index (χ0) is 32.4. The summed E-state index contributed by atoms with van der Waals surface area (Å²) in [4.78, 5) is 48.6. The molecule has 2 bridgehead atoms. The van der Waals surface area contributed by atoms with E-state index in [2.05, 4.69) is 13.2 Å². The molecule has 3 saturated heterocycles. The van der Waals surface area contributed by atoms with Crippen LogP contribution in [0.5, 0.6) is 5.75 Å². The molecule has 5 rings (SSSR count). The maximum Gasteiger partial charge on any atom is 0.253 e. The predicted octanol–water partition coefficient (Wildman–Crippen LogP) is 5.01. The van der Waals surface area contributed by atoms with Gasteiger partial charge in [0.25, 0.3) is 5.91 Å². The van der Waals surface area contributed by atoms with E-state index in [0.717, 1.165) is 0 Å². The summed E-state index contributed by atoms with van der Waals surface area (Å²) in [6.45, 7) is 12.6. The van der Waals surface area contributed by atoms with Crippen molar-refractivity contribution >= 4 is 40.7 Å². The van der Waals surface area contributed by atoms with E-state index in [1.807, 2.05) is 38.1 Å². The van der Waals surface area contributed by atoms with Gasteiger partial charge in [0.15, 0.2) is 0 Å². The van der Waals surface area contributed by atoms with Crippen LogP contribution in [0.3, 0.4) is 0 Å². The number of hydrogen-bond donors (Lipinski definition) is 1. The third-order valence-corrected chi connectivity index (χ3v) is 9.66. The summed E-state index contributed by atoms with van der Waals surface area (Å²) < 4.78 is 12.4. The molecule has 2 aromatic rings. The molecule has 240 valence electrons. The van der Waals surface area contributed by atoms with Crippen LogP contribution in [0.1, 0.15) is 39.5 Å². The fourth-order valence-corrected chi connectivity index (χ4v) is 7.72. The van der Waals surface area contributed by atoms with Crippen LogP contribution in [0, 0.1) is 11.8 Å². The van der Waals surface area contributed by atoms with E-state index in [9.17, 15) is 19.5 Å². The fraction of sp³-hybridized carbons (Fsp3) is 0.457. The number of halogens is 1. The molecule has 2 aromatic carbocycles. The van der Waals surface area contributed by atoms with Gasteiger partial charge in [0.05, 0.1) is 34.8 Å². The molecule has 45 heavy (non-hydrogen) atoms. The number of benzene rings is 2. The number of aliphatic hydroxyl groups excluding tert-OH is 1. The predicted molar refractivity (Wildman–Crippen MR) is 174 cm³/mol. The molecule has 3 heterocycles. The van der Waals surface area contributed by atoms with Gasteiger partial charge in [-0.1, -0.05) is 35.9 Å². The minimum atomic E-state index is -1.21. The van der Waals surface area contributed by atoms with Gasteiger partial charge in [-0.05, 0) is 75.9 Å². The lowest BCUT2D eigenvalue weighted by Crippen LogP contribution is -2.56. The maximum atomic E-state index is 14.7. The topological polar surface area (TPSA) is 99.6 Å². The summed E-state index contributed by atoms with van der Waals surface area (Å²) in [6.07, 6.45) is 5.20. The Balaban J connectivity index is 1.56. The Hall–Kier alpha value is -3.66. The first-order chi connectivity index (χ1) is 21.7. The molecule has 3 fully saturated rings. The first-order valence-corrected chi connectivity index (χ1v) is 16.0. The van der Waals surface area contributed by atoms with Crippen molar-refractivity contribution in [2.24, 2.45) is 11.8 Å². The van der Waals surface area contributed by atoms with Crippen molar-refractivity contribution in [3.8, 4) is 5.75 Å². The summed E-state index contributed by atoms with van der Waals surface area (Å²) in [5.74, 6) is -1.87. The average Bonchev–Trinajstić information content (AvgIpc) is 3.60. The molecule has 0 saturated carbocycles. The number of nitrogens with zero attached hydrogens (tertiary/aromatic N) is 3.